The fourth-order valence-corrected chi connectivity index (χ4v) is 2.82. The lowest BCUT2D eigenvalue weighted by molar-refractivity contribution is 0.0933. The number of carbonyl (C=O) groups excluding carboxylic acids is 1. The Morgan fingerprint density at radius 1 is 1.15 bits per heavy atom. The maximum Gasteiger partial charge on any atom is 0.251 e. The van der Waals surface area contributed by atoms with Crippen molar-refractivity contribution in [1.29, 1.82) is 0 Å². The molecule has 3 nitrogen and oxygen atoms in total. The van der Waals surface area contributed by atoms with E-state index in [-0.39, 0.29) is 11.9 Å². The number of nitrogen functional groups attached to an aromatic ring is 1. The van der Waals surface area contributed by atoms with Gasteiger partial charge in [0, 0.05) is 11.3 Å². The number of nitrogens with one attached hydrogen (secondary N) is 1. The fraction of sp³-hybridized carbons (Fsp3) is 0.235. The molecule has 1 aliphatic carbocycles. The SMILES string of the molecule is Nc1ccc2c(c1)CCCC2NC(=O)c1ccccc1. The molecule has 1 aliphatic rings. The number of rotatable bonds is 2. The van der Waals surface area contributed by atoms with Crippen molar-refractivity contribution in [2.24, 2.45) is 0 Å². The first-order chi connectivity index (χ1) is 9.74. The van der Waals surface area contributed by atoms with Crippen molar-refractivity contribution in [2.45, 2.75) is 25.3 Å². The topological polar surface area (TPSA) is 55.1 Å². The maximum absolute atomic E-state index is 12.3. The van der Waals surface area contributed by atoms with Crippen LogP contribution >= 0.6 is 0 Å². The number of benzene rings is 2. The van der Waals surface area contributed by atoms with Crippen LogP contribution in [0.5, 0.6) is 0 Å². The van der Waals surface area contributed by atoms with Gasteiger partial charge in [-0.15, -0.1) is 0 Å². The van der Waals surface area contributed by atoms with Crippen molar-refractivity contribution in [1.82, 2.24) is 5.32 Å². The molecule has 0 saturated carbocycles. The first-order valence-electron chi connectivity index (χ1n) is 6.98. The highest BCUT2D eigenvalue weighted by Crippen LogP contribution is 2.31. The Morgan fingerprint density at radius 3 is 2.75 bits per heavy atom. The summed E-state index contributed by atoms with van der Waals surface area (Å²) in [5.74, 6) is -0.0136. The Labute approximate surface area is 118 Å². The van der Waals surface area contributed by atoms with E-state index in [1.165, 1.54) is 11.1 Å². The Morgan fingerprint density at radius 2 is 1.95 bits per heavy atom. The van der Waals surface area contributed by atoms with Crippen LogP contribution in [0.15, 0.2) is 48.5 Å². The molecular formula is C17H18N2O. The van der Waals surface area contributed by atoms with E-state index in [9.17, 15) is 4.79 Å². The third-order valence-electron chi connectivity index (χ3n) is 3.82. The summed E-state index contributed by atoms with van der Waals surface area (Å²) in [5.41, 5.74) is 9.79. The highest BCUT2D eigenvalue weighted by molar-refractivity contribution is 5.94. The van der Waals surface area contributed by atoms with E-state index < -0.39 is 0 Å². The van der Waals surface area contributed by atoms with Gasteiger partial charge in [-0.2, -0.15) is 0 Å². The molecule has 3 N–H and O–H groups in total. The number of hydrogen-bond acceptors (Lipinski definition) is 2. The molecule has 0 saturated heterocycles. The number of anilines is 1. The van der Waals surface area contributed by atoms with Gasteiger partial charge in [0.25, 0.3) is 5.91 Å². The molecule has 3 heteroatoms. The van der Waals surface area contributed by atoms with Crippen LogP contribution in [0.3, 0.4) is 0 Å². The summed E-state index contributed by atoms with van der Waals surface area (Å²) in [7, 11) is 0. The Balaban J connectivity index is 1.81. The van der Waals surface area contributed by atoms with Gasteiger partial charge in [0.05, 0.1) is 6.04 Å². The summed E-state index contributed by atoms with van der Waals surface area (Å²) in [6.07, 6.45) is 3.10. The maximum atomic E-state index is 12.3. The van der Waals surface area contributed by atoms with E-state index in [1.54, 1.807) is 0 Å². The molecule has 3 rings (SSSR count). The van der Waals surface area contributed by atoms with Gasteiger partial charge in [0.15, 0.2) is 0 Å². The lowest BCUT2D eigenvalue weighted by Gasteiger charge is -2.26. The highest BCUT2D eigenvalue weighted by atomic mass is 16.1. The third-order valence-corrected chi connectivity index (χ3v) is 3.82. The second-order valence-corrected chi connectivity index (χ2v) is 5.24. The van der Waals surface area contributed by atoms with E-state index in [0.29, 0.717) is 5.56 Å². The summed E-state index contributed by atoms with van der Waals surface area (Å²) < 4.78 is 0. The molecule has 0 bridgehead atoms. The molecule has 0 radical (unpaired) electrons. The summed E-state index contributed by atoms with van der Waals surface area (Å²) in [6, 6.07) is 15.4. The summed E-state index contributed by atoms with van der Waals surface area (Å²) >= 11 is 0. The van der Waals surface area contributed by atoms with E-state index in [2.05, 4.69) is 5.32 Å². The zero-order chi connectivity index (χ0) is 13.9. The van der Waals surface area contributed by atoms with Crippen molar-refractivity contribution >= 4 is 11.6 Å². The lowest BCUT2D eigenvalue weighted by Crippen LogP contribution is -2.31. The smallest absolute Gasteiger partial charge is 0.251 e. The zero-order valence-electron chi connectivity index (χ0n) is 11.3. The van der Waals surface area contributed by atoms with Crippen molar-refractivity contribution < 1.29 is 4.79 Å². The van der Waals surface area contributed by atoms with Crippen molar-refractivity contribution in [3.63, 3.8) is 0 Å². The number of nitrogens with two attached hydrogens (primary N) is 1. The molecule has 0 aromatic heterocycles. The van der Waals surface area contributed by atoms with Crippen LogP contribution < -0.4 is 11.1 Å². The van der Waals surface area contributed by atoms with Crippen LogP contribution in [0.25, 0.3) is 0 Å². The second-order valence-electron chi connectivity index (χ2n) is 5.24. The molecule has 0 heterocycles. The first-order valence-corrected chi connectivity index (χ1v) is 6.98. The minimum atomic E-state index is -0.0136. The van der Waals surface area contributed by atoms with Gasteiger partial charge in [0.1, 0.15) is 0 Å². The van der Waals surface area contributed by atoms with Crippen LogP contribution in [0, 0.1) is 0 Å². The predicted octanol–water partition coefficient (Wildman–Crippen LogP) is 3.08. The number of amides is 1. The molecule has 2 aromatic rings. The monoisotopic (exact) mass is 266 g/mol. The van der Waals surface area contributed by atoms with E-state index >= 15 is 0 Å². The van der Waals surface area contributed by atoms with Gasteiger partial charge >= 0.3 is 0 Å². The number of carbonyl (C=O) groups is 1. The summed E-state index contributed by atoms with van der Waals surface area (Å²) in [4.78, 5) is 12.3. The van der Waals surface area contributed by atoms with Crippen LogP contribution in [-0.2, 0) is 6.42 Å². The van der Waals surface area contributed by atoms with Gasteiger partial charge in [0.2, 0.25) is 0 Å². The molecule has 0 fully saturated rings. The Bertz CT molecular complexity index is 622. The Hall–Kier alpha value is -2.29. The molecular weight excluding hydrogens is 248 g/mol. The Kier molecular flexibility index (Phi) is 3.42. The minimum Gasteiger partial charge on any atom is -0.399 e. The van der Waals surface area contributed by atoms with E-state index in [4.69, 9.17) is 5.73 Å². The summed E-state index contributed by atoms with van der Waals surface area (Å²) in [6.45, 7) is 0. The number of fused-ring (bicyclic) bond motifs is 1. The van der Waals surface area contributed by atoms with Crippen molar-refractivity contribution in [2.75, 3.05) is 5.73 Å². The third kappa shape index (κ3) is 2.52. The zero-order valence-corrected chi connectivity index (χ0v) is 11.3. The van der Waals surface area contributed by atoms with Gasteiger partial charge < -0.3 is 11.1 Å². The quantitative estimate of drug-likeness (QED) is 0.821. The standard InChI is InChI=1S/C17H18N2O/c18-14-9-10-15-13(11-14)7-4-8-16(15)19-17(20)12-5-2-1-3-6-12/h1-3,5-6,9-11,16H,4,7-8,18H2,(H,19,20). The van der Waals surface area contributed by atoms with Gasteiger partial charge in [-0.1, -0.05) is 24.3 Å². The molecule has 102 valence electrons. The van der Waals surface area contributed by atoms with Gasteiger partial charge in [-0.05, 0) is 54.7 Å². The van der Waals surface area contributed by atoms with Gasteiger partial charge in [-0.25, -0.2) is 0 Å². The van der Waals surface area contributed by atoms with Crippen LogP contribution in [-0.4, -0.2) is 5.91 Å². The summed E-state index contributed by atoms with van der Waals surface area (Å²) in [5, 5.41) is 3.13. The average molecular weight is 266 g/mol. The predicted molar refractivity (Wildman–Crippen MR) is 80.4 cm³/mol. The minimum absolute atomic E-state index is 0.0136. The van der Waals surface area contributed by atoms with E-state index in [1.807, 2.05) is 48.5 Å². The van der Waals surface area contributed by atoms with Crippen LogP contribution in [0.2, 0.25) is 0 Å². The number of aryl methyl sites for hydroxylation is 1. The average Bonchev–Trinajstić information content (AvgIpc) is 2.48. The van der Waals surface area contributed by atoms with Crippen molar-refractivity contribution in [3.8, 4) is 0 Å². The normalized spacial score (nSPS) is 17.3. The molecule has 1 amide bonds. The molecule has 1 atom stereocenters. The molecule has 1 unspecified atom stereocenters. The largest absolute Gasteiger partial charge is 0.399 e. The molecule has 0 aliphatic heterocycles. The highest BCUT2D eigenvalue weighted by Gasteiger charge is 2.22. The van der Waals surface area contributed by atoms with Crippen molar-refractivity contribution in [3.05, 3.63) is 65.2 Å². The van der Waals surface area contributed by atoms with E-state index in [0.717, 1.165) is 24.9 Å². The molecule has 2 aromatic carbocycles. The number of hydrogen-bond donors (Lipinski definition) is 2. The molecule has 20 heavy (non-hydrogen) atoms. The first kappa shape index (κ1) is 12.7. The van der Waals surface area contributed by atoms with Crippen LogP contribution in [0.1, 0.15) is 40.4 Å². The lowest BCUT2D eigenvalue weighted by atomic mass is 9.87. The molecule has 0 spiro atoms. The second kappa shape index (κ2) is 5.37. The van der Waals surface area contributed by atoms with Crippen LogP contribution in [0.4, 0.5) is 5.69 Å². The fourth-order valence-electron chi connectivity index (χ4n) is 2.82. The van der Waals surface area contributed by atoms with Gasteiger partial charge in [-0.3, -0.25) is 4.79 Å².